The van der Waals surface area contributed by atoms with E-state index in [1.807, 2.05) is 54.8 Å². The van der Waals surface area contributed by atoms with Crippen LogP contribution in [0.15, 0.2) is 48.5 Å². The lowest BCUT2D eigenvalue weighted by Crippen LogP contribution is -2.18. The minimum absolute atomic E-state index is 0.0362. The standard InChI is InChI=1S/C21H21ClN4O3/c1-3-28-21(29-4-2)20-24-23-18-13-25(27)19(14-8-6-5-7-9-14)16-12-15(22)10-11-17(16)26(18)20/h5-12,21H,3-4,13H2,1-2H3. The molecule has 0 spiro atoms. The van der Waals surface area contributed by atoms with E-state index >= 15 is 0 Å². The van der Waals surface area contributed by atoms with Crippen LogP contribution in [0.1, 0.15) is 42.9 Å². The quantitative estimate of drug-likeness (QED) is 0.349. The van der Waals surface area contributed by atoms with E-state index in [4.69, 9.17) is 21.1 Å². The SMILES string of the molecule is CCOC(OCC)c1nnc2n1-c1ccc(Cl)cc1C(c1ccccc1)=[N+]([O-])C2. The highest BCUT2D eigenvalue weighted by Gasteiger charge is 2.32. The molecule has 0 amide bonds. The highest BCUT2D eigenvalue weighted by atomic mass is 35.5. The molecule has 4 rings (SSSR count). The molecule has 2 aromatic carbocycles. The average Bonchev–Trinajstić information content (AvgIpc) is 3.07. The normalized spacial score (nSPS) is 13.4. The summed E-state index contributed by atoms with van der Waals surface area (Å²) >= 11 is 6.31. The summed E-state index contributed by atoms with van der Waals surface area (Å²) in [6.45, 7) is 4.72. The molecule has 29 heavy (non-hydrogen) atoms. The number of hydrogen-bond donors (Lipinski definition) is 0. The number of ether oxygens (including phenoxy) is 2. The zero-order chi connectivity index (χ0) is 20.4. The molecule has 0 saturated heterocycles. The summed E-state index contributed by atoms with van der Waals surface area (Å²) in [6.07, 6.45) is -0.687. The second-order valence-electron chi connectivity index (χ2n) is 6.47. The van der Waals surface area contributed by atoms with E-state index in [9.17, 15) is 5.21 Å². The van der Waals surface area contributed by atoms with Gasteiger partial charge in [0.15, 0.2) is 5.82 Å². The lowest BCUT2D eigenvalue weighted by molar-refractivity contribution is -0.475. The monoisotopic (exact) mass is 412 g/mol. The third-order valence-electron chi connectivity index (χ3n) is 4.64. The summed E-state index contributed by atoms with van der Waals surface area (Å²) in [5.41, 5.74) is 2.79. The van der Waals surface area contributed by atoms with Gasteiger partial charge in [0, 0.05) is 23.8 Å². The maximum atomic E-state index is 13.2. The second-order valence-corrected chi connectivity index (χ2v) is 6.90. The predicted molar refractivity (Wildman–Crippen MR) is 109 cm³/mol. The van der Waals surface area contributed by atoms with Gasteiger partial charge < -0.3 is 14.7 Å². The van der Waals surface area contributed by atoms with Gasteiger partial charge in [-0.15, -0.1) is 10.2 Å². The lowest BCUT2D eigenvalue weighted by Gasteiger charge is -2.18. The van der Waals surface area contributed by atoms with E-state index in [1.54, 1.807) is 12.1 Å². The topological polar surface area (TPSA) is 75.2 Å². The van der Waals surface area contributed by atoms with Crippen molar-refractivity contribution in [2.45, 2.75) is 26.7 Å². The van der Waals surface area contributed by atoms with Gasteiger partial charge in [-0.05, 0) is 44.2 Å². The molecule has 0 radical (unpaired) electrons. The summed E-state index contributed by atoms with van der Waals surface area (Å²) < 4.78 is 14.2. The van der Waals surface area contributed by atoms with Gasteiger partial charge in [-0.25, -0.2) is 0 Å². The molecule has 0 N–H and O–H groups in total. The number of hydroxylamine groups is 1. The van der Waals surface area contributed by atoms with E-state index in [-0.39, 0.29) is 6.54 Å². The first kappa shape index (κ1) is 19.6. The first-order valence-corrected chi connectivity index (χ1v) is 9.86. The summed E-state index contributed by atoms with van der Waals surface area (Å²) in [5, 5.41) is 22.3. The van der Waals surface area contributed by atoms with Crippen LogP contribution in [0.4, 0.5) is 0 Å². The van der Waals surface area contributed by atoms with E-state index in [2.05, 4.69) is 10.2 Å². The molecule has 3 aromatic rings. The van der Waals surface area contributed by atoms with Crippen molar-refractivity contribution in [1.82, 2.24) is 14.8 Å². The van der Waals surface area contributed by atoms with Crippen molar-refractivity contribution in [3.8, 4) is 5.69 Å². The van der Waals surface area contributed by atoms with Crippen molar-refractivity contribution in [3.63, 3.8) is 0 Å². The molecule has 150 valence electrons. The number of rotatable bonds is 6. The fourth-order valence-corrected chi connectivity index (χ4v) is 3.65. The molecule has 1 aliphatic heterocycles. The molecule has 0 fully saturated rings. The Morgan fingerprint density at radius 1 is 1.10 bits per heavy atom. The zero-order valence-corrected chi connectivity index (χ0v) is 17.0. The molecule has 2 heterocycles. The fraction of sp³-hybridized carbons (Fsp3) is 0.286. The van der Waals surface area contributed by atoms with Crippen LogP contribution in [-0.2, 0) is 16.0 Å². The van der Waals surface area contributed by atoms with Crippen molar-refractivity contribution in [3.05, 3.63) is 81.5 Å². The first-order chi connectivity index (χ1) is 14.1. The van der Waals surface area contributed by atoms with Crippen LogP contribution in [-0.4, -0.2) is 38.4 Å². The predicted octanol–water partition coefficient (Wildman–Crippen LogP) is 3.85. The van der Waals surface area contributed by atoms with Gasteiger partial charge in [0.2, 0.25) is 24.4 Å². The summed E-state index contributed by atoms with van der Waals surface area (Å²) in [7, 11) is 0. The van der Waals surface area contributed by atoms with Crippen LogP contribution in [0.5, 0.6) is 0 Å². The molecule has 0 saturated carbocycles. The maximum Gasteiger partial charge on any atom is 0.228 e. The largest absolute Gasteiger partial charge is 0.623 e. The van der Waals surface area contributed by atoms with Gasteiger partial charge in [-0.1, -0.05) is 29.8 Å². The van der Waals surface area contributed by atoms with Gasteiger partial charge >= 0.3 is 0 Å². The fourth-order valence-electron chi connectivity index (χ4n) is 3.48. The third kappa shape index (κ3) is 3.64. The summed E-state index contributed by atoms with van der Waals surface area (Å²) in [6, 6.07) is 15.0. The molecule has 0 unspecified atom stereocenters. The number of nitrogens with zero attached hydrogens (tertiary/aromatic N) is 4. The zero-order valence-electron chi connectivity index (χ0n) is 16.2. The molecule has 7 nitrogen and oxygen atoms in total. The molecule has 0 aliphatic carbocycles. The minimum atomic E-state index is -0.687. The van der Waals surface area contributed by atoms with Crippen molar-refractivity contribution in [1.29, 1.82) is 0 Å². The van der Waals surface area contributed by atoms with Crippen LogP contribution in [0.25, 0.3) is 5.69 Å². The number of hydrogen-bond acceptors (Lipinski definition) is 5. The smallest absolute Gasteiger partial charge is 0.228 e. The van der Waals surface area contributed by atoms with Gasteiger partial charge in [0.05, 0.1) is 11.3 Å². The van der Waals surface area contributed by atoms with Crippen molar-refractivity contribution >= 4 is 17.3 Å². The third-order valence-corrected chi connectivity index (χ3v) is 4.87. The molecule has 0 bridgehead atoms. The maximum absolute atomic E-state index is 13.2. The van der Waals surface area contributed by atoms with Crippen LogP contribution in [0, 0.1) is 5.21 Å². The van der Waals surface area contributed by atoms with Crippen LogP contribution >= 0.6 is 11.6 Å². The Bertz CT molecular complexity index is 1040. The molecule has 0 atom stereocenters. The van der Waals surface area contributed by atoms with Gasteiger partial charge in [0.1, 0.15) is 0 Å². The lowest BCUT2D eigenvalue weighted by atomic mass is 10.0. The number of fused-ring (bicyclic) bond motifs is 3. The second kappa shape index (κ2) is 8.32. The van der Waals surface area contributed by atoms with Crippen LogP contribution < -0.4 is 0 Å². The van der Waals surface area contributed by atoms with E-state index < -0.39 is 6.29 Å². The van der Waals surface area contributed by atoms with Crippen LogP contribution in [0.2, 0.25) is 5.02 Å². The highest BCUT2D eigenvalue weighted by molar-refractivity contribution is 6.31. The van der Waals surface area contributed by atoms with Crippen LogP contribution in [0.3, 0.4) is 0 Å². The Labute approximate surface area is 173 Å². The Morgan fingerprint density at radius 2 is 1.83 bits per heavy atom. The highest BCUT2D eigenvalue weighted by Crippen LogP contribution is 2.30. The van der Waals surface area contributed by atoms with E-state index in [0.717, 1.165) is 16.0 Å². The Morgan fingerprint density at radius 3 is 2.52 bits per heavy atom. The molecular formula is C21H21ClN4O3. The summed E-state index contributed by atoms with van der Waals surface area (Å²) in [4.78, 5) is 0. The van der Waals surface area contributed by atoms with E-state index in [1.165, 1.54) is 0 Å². The molecular weight excluding hydrogens is 392 g/mol. The Balaban J connectivity index is 1.95. The summed E-state index contributed by atoms with van der Waals surface area (Å²) in [5.74, 6) is 1.00. The molecule has 1 aromatic heterocycles. The van der Waals surface area contributed by atoms with Gasteiger partial charge in [-0.2, -0.15) is 4.74 Å². The van der Waals surface area contributed by atoms with Gasteiger partial charge in [-0.3, -0.25) is 4.57 Å². The number of benzene rings is 2. The Kier molecular flexibility index (Phi) is 5.62. The first-order valence-electron chi connectivity index (χ1n) is 9.48. The molecule has 1 aliphatic rings. The van der Waals surface area contributed by atoms with Gasteiger partial charge in [0.25, 0.3) is 0 Å². The average molecular weight is 413 g/mol. The minimum Gasteiger partial charge on any atom is -0.623 e. The van der Waals surface area contributed by atoms with Crippen molar-refractivity contribution in [2.24, 2.45) is 0 Å². The van der Waals surface area contributed by atoms with Crippen molar-refractivity contribution < 1.29 is 14.2 Å². The van der Waals surface area contributed by atoms with Crippen molar-refractivity contribution in [2.75, 3.05) is 13.2 Å². The number of aromatic nitrogens is 3. The molecule has 8 heteroatoms. The number of halogens is 1. The van der Waals surface area contributed by atoms with E-state index in [0.29, 0.717) is 41.2 Å². The Hall–Kier alpha value is -2.74.